The Labute approximate surface area is 244 Å². The monoisotopic (exact) mass is 541 g/mol. The molecule has 0 spiro atoms. The zero-order valence-electron chi connectivity index (χ0n) is 23.0. The van der Waals surface area contributed by atoms with E-state index in [1.807, 2.05) is 24.3 Å². The van der Waals surface area contributed by atoms with Crippen molar-refractivity contribution in [3.63, 3.8) is 0 Å². The van der Waals surface area contributed by atoms with Gasteiger partial charge in [0.15, 0.2) is 0 Å². The number of allylic oxidation sites excluding steroid dienone is 6. The van der Waals surface area contributed by atoms with Crippen molar-refractivity contribution in [1.82, 2.24) is 4.98 Å². The molecule has 3 heterocycles. The van der Waals surface area contributed by atoms with Crippen LogP contribution in [0.25, 0.3) is 44.2 Å². The number of nitrogens with zero attached hydrogens (tertiary/aromatic N) is 3. The van der Waals surface area contributed by atoms with Gasteiger partial charge in [-0.15, -0.1) is 0 Å². The van der Waals surface area contributed by atoms with Crippen molar-refractivity contribution in [2.75, 3.05) is 4.90 Å². The second-order valence-corrected chi connectivity index (χ2v) is 11.8. The van der Waals surface area contributed by atoms with Crippen molar-refractivity contribution in [3.8, 4) is 28.3 Å². The quantitative estimate of drug-likeness (QED) is 0.229. The number of benzene rings is 3. The van der Waals surface area contributed by atoms with Crippen LogP contribution in [0.1, 0.15) is 24.8 Å². The zero-order valence-corrected chi connectivity index (χ0v) is 23.0. The molecule has 4 nitrogen and oxygen atoms in total. The molecule has 1 aliphatic heterocycles. The third-order valence-corrected chi connectivity index (χ3v) is 9.76. The molecule has 5 aromatic rings. The van der Waals surface area contributed by atoms with Crippen LogP contribution in [-0.2, 0) is 0 Å². The summed E-state index contributed by atoms with van der Waals surface area (Å²) in [4.78, 5) is 6.74. The lowest BCUT2D eigenvalue weighted by atomic mass is 9.79. The number of hydrogen-bond donors (Lipinski definition) is 0. The van der Waals surface area contributed by atoms with Gasteiger partial charge in [0.25, 0.3) is 0 Å². The van der Waals surface area contributed by atoms with Crippen molar-refractivity contribution in [2.45, 2.75) is 25.3 Å². The second kappa shape index (κ2) is 8.68. The summed E-state index contributed by atoms with van der Waals surface area (Å²) in [5.41, 5.74) is 10.4. The van der Waals surface area contributed by atoms with Gasteiger partial charge in [-0.2, -0.15) is 5.26 Å². The molecular formula is C38H27N3O. The Morgan fingerprint density at radius 2 is 1.76 bits per heavy atom. The third-order valence-electron chi connectivity index (χ3n) is 9.76. The molecule has 4 aliphatic rings. The van der Waals surface area contributed by atoms with Gasteiger partial charge < -0.3 is 9.32 Å². The average molecular weight is 542 g/mol. The van der Waals surface area contributed by atoms with E-state index in [2.05, 4.69) is 94.9 Å². The predicted octanol–water partition coefficient (Wildman–Crippen LogP) is 9.11. The van der Waals surface area contributed by atoms with E-state index in [0.29, 0.717) is 11.5 Å². The molecular weight excluding hydrogens is 514 g/mol. The summed E-state index contributed by atoms with van der Waals surface area (Å²) in [6, 6.07) is 25.8. The lowest BCUT2D eigenvalue weighted by Gasteiger charge is -2.43. The maximum atomic E-state index is 10.9. The summed E-state index contributed by atoms with van der Waals surface area (Å²) in [7, 11) is 0. The van der Waals surface area contributed by atoms with Crippen molar-refractivity contribution in [2.24, 2.45) is 11.3 Å². The highest BCUT2D eigenvalue weighted by Crippen LogP contribution is 2.68. The van der Waals surface area contributed by atoms with Crippen molar-refractivity contribution in [3.05, 3.63) is 132 Å². The molecule has 0 amide bonds. The van der Waals surface area contributed by atoms with E-state index >= 15 is 0 Å². The number of fused-ring (bicyclic) bond motifs is 3. The fourth-order valence-electron chi connectivity index (χ4n) is 7.81. The maximum Gasteiger partial charge on any atom is 0.135 e. The number of anilines is 1. The molecule has 3 aliphatic carbocycles. The summed E-state index contributed by atoms with van der Waals surface area (Å²) in [6.45, 7) is 0. The van der Waals surface area contributed by atoms with E-state index in [1.54, 1.807) is 12.4 Å². The number of aromatic nitrogens is 1. The molecule has 3 atom stereocenters. The molecule has 42 heavy (non-hydrogen) atoms. The first-order valence-corrected chi connectivity index (χ1v) is 14.7. The Morgan fingerprint density at radius 3 is 2.67 bits per heavy atom. The van der Waals surface area contributed by atoms with Crippen LogP contribution in [0, 0.1) is 22.7 Å². The molecule has 0 N–H and O–H groups in total. The molecule has 9 rings (SSSR count). The molecule has 4 heteroatoms. The van der Waals surface area contributed by atoms with Crippen LogP contribution < -0.4 is 4.90 Å². The van der Waals surface area contributed by atoms with Gasteiger partial charge in [-0.05, 0) is 78.3 Å². The smallest absolute Gasteiger partial charge is 0.135 e. The Hall–Kier alpha value is -5.14. The fraction of sp³-hybridized carbons (Fsp3) is 0.158. The van der Waals surface area contributed by atoms with E-state index in [0.717, 1.165) is 69.1 Å². The first-order chi connectivity index (χ1) is 20.8. The number of rotatable bonds is 3. The largest absolute Gasteiger partial charge is 0.456 e. The number of pyridine rings is 1. The minimum Gasteiger partial charge on any atom is -0.456 e. The second-order valence-electron chi connectivity index (χ2n) is 11.8. The van der Waals surface area contributed by atoms with Crippen LogP contribution in [0.4, 0.5) is 5.69 Å². The molecule has 3 aromatic carbocycles. The van der Waals surface area contributed by atoms with Crippen molar-refractivity contribution < 1.29 is 4.42 Å². The predicted molar refractivity (Wildman–Crippen MR) is 168 cm³/mol. The molecule has 1 fully saturated rings. The van der Waals surface area contributed by atoms with Gasteiger partial charge in [-0.3, -0.25) is 4.98 Å². The Morgan fingerprint density at radius 1 is 0.905 bits per heavy atom. The first kappa shape index (κ1) is 23.6. The van der Waals surface area contributed by atoms with Crippen LogP contribution in [-0.4, -0.2) is 11.0 Å². The van der Waals surface area contributed by atoms with Gasteiger partial charge in [-0.25, -0.2) is 0 Å². The van der Waals surface area contributed by atoms with Gasteiger partial charge in [-0.1, -0.05) is 66.8 Å². The number of hydrogen-bond acceptors (Lipinski definition) is 4. The van der Waals surface area contributed by atoms with Gasteiger partial charge >= 0.3 is 0 Å². The van der Waals surface area contributed by atoms with Crippen LogP contribution in [0.2, 0.25) is 0 Å². The maximum absolute atomic E-state index is 10.9. The van der Waals surface area contributed by atoms with Gasteiger partial charge in [0.1, 0.15) is 17.2 Å². The highest BCUT2D eigenvalue weighted by atomic mass is 16.3. The van der Waals surface area contributed by atoms with Crippen molar-refractivity contribution in [1.29, 1.82) is 5.26 Å². The standard InChI is InChI=1S/C38H27N3O/c39-23-30-26(24-16-19-40-20-17-24)13-14-27(25-12-15-36-29(21-25)28-7-1-4-11-35(28)42-36)37(30)41-33-9-3-2-8-31(33)38-18-6-5-10-34(41)32(38)22-38/h1,3-7,9-21,32,34H,2,8,22H2. The van der Waals surface area contributed by atoms with E-state index in [9.17, 15) is 5.26 Å². The highest BCUT2D eigenvalue weighted by Gasteiger charge is 2.63. The van der Waals surface area contributed by atoms with E-state index in [-0.39, 0.29) is 11.5 Å². The number of furan rings is 1. The molecule has 1 saturated carbocycles. The zero-order chi connectivity index (χ0) is 27.8. The Balaban J connectivity index is 1.35. The molecule has 3 unspecified atom stereocenters. The van der Waals surface area contributed by atoms with E-state index < -0.39 is 0 Å². The molecule has 2 bridgehead atoms. The van der Waals surface area contributed by atoms with Gasteiger partial charge in [0, 0.05) is 45.4 Å². The summed E-state index contributed by atoms with van der Waals surface area (Å²) >= 11 is 0. The van der Waals surface area contributed by atoms with Gasteiger partial charge in [0.2, 0.25) is 0 Å². The van der Waals surface area contributed by atoms with Gasteiger partial charge in [0.05, 0.1) is 17.3 Å². The Bertz CT molecular complexity index is 2110. The summed E-state index contributed by atoms with van der Waals surface area (Å²) in [5, 5.41) is 13.1. The molecule has 2 aromatic heterocycles. The normalized spacial score (nSPS) is 23.5. The SMILES string of the molecule is N#Cc1c(-c2ccncc2)ccc(-c2ccc3oc4ccccc4c3c2)c1N1C2=C(CCC=C2)C23C=CC=CC1C2C3. The van der Waals surface area contributed by atoms with Crippen LogP contribution in [0.5, 0.6) is 0 Å². The highest BCUT2D eigenvalue weighted by molar-refractivity contribution is 6.07. The fourth-order valence-corrected chi connectivity index (χ4v) is 7.81. The number of para-hydroxylation sites is 1. The molecule has 200 valence electrons. The summed E-state index contributed by atoms with van der Waals surface area (Å²) in [6.07, 6.45) is 20.7. The average Bonchev–Trinajstić information content (AvgIpc) is 3.70. The van der Waals surface area contributed by atoms with E-state index in [4.69, 9.17) is 4.42 Å². The third kappa shape index (κ3) is 3.19. The number of nitriles is 1. The van der Waals surface area contributed by atoms with Crippen LogP contribution in [0.15, 0.2) is 131 Å². The van der Waals surface area contributed by atoms with E-state index in [1.165, 1.54) is 11.3 Å². The minimum atomic E-state index is 0.148. The van der Waals surface area contributed by atoms with Crippen LogP contribution >= 0.6 is 0 Å². The lowest BCUT2D eigenvalue weighted by Crippen LogP contribution is -2.42. The topological polar surface area (TPSA) is 53.1 Å². The Kier molecular flexibility index (Phi) is 4.87. The molecule has 0 radical (unpaired) electrons. The van der Waals surface area contributed by atoms with Crippen molar-refractivity contribution >= 4 is 27.6 Å². The molecule has 0 saturated heterocycles. The lowest BCUT2D eigenvalue weighted by molar-refractivity contribution is 0.522. The first-order valence-electron chi connectivity index (χ1n) is 14.7. The minimum absolute atomic E-state index is 0.148. The summed E-state index contributed by atoms with van der Waals surface area (Å²) < 4.78 is 6.17. The van der Waals surface area contributed by atoms with Crippen LogP contribution in [0.3, 0.4) is 0 Å². The summed E-state index contributed by atoms with van der Waals surface area (Å²) in [5.74, 6) is 0.502.